The van der Waals surface area contributed by atoms with E-state index in [2.05, 4.69) is 10.4 Å². The number of benzene rings is 1. The minimum absolute atomic E-state index is 0.313. The van der Waals surface area contributed by atoms with Gasteiger partial charge in [0.2, 0.25) is 0 Å². The first-order valence-electron chi connectivity index (χ1n) is 5.84. The average Bonchev–Trinajstić information content (AvgIpc) is 2.83. The second-order valence-corrected chi connectivity index (χ2v) is 4.59. The van der Waals surface area contributed by atoms with Gasteiger partial charge in [0.15, 0.2) is 0 Å². The summed E-state index contributed by atoms with van der Waals surface area (Å²) in [5, 5.41) is 7.86. The molecule has 0 fully saturated rings. The van der Waals surface area contributed by atoms with Crippen molar-refractivity contribution in [2.45, 2.75) is 6.54 Å². The Bertz CT molecular complexity index is 724. The van der Waals surface area contributed by atoms with Crippen LogP contribution in [0.4, 0.5) is 10.1 Å². The maximum atomic E-state index is 13.2. The number of nitrogens with zero attached hydrogens (tertiary/aromatic N) is 2. The quantitative estimate of drug-likeness (QED) is 0.789. The smallest absolute Gasteiger partial charge is 0.125 e. The summed E-state index contributed by atoms with van der Waals surface area (Å²) in [5.41, 5.74) is 2.63. The van der Waals surface area contributed by atoms with Gasteiger partial charge >= 0.3 is 0 Å². The monoisotopic (exact) mass is 275 g/mol. The van der Waals surface area contributed by atoms with Crippen molar-refractivity contribution < 1.29 is 4.39 Å². The molecule has 0 aliphatic carbocycles. The fraction of sp³-hybridized carbons (Fsp3) is 0.0714. The van der Waals surface area contributed by atoms with Crippen LogP contribution in [0.25, 0.3) is 5.52 Å². The molecule has 0 bridgehead atoms. The fourth-order valence-corrected chi connectivity index (χ4v) is 2.13. The Morgan fingerprint density at radius 2 is 2.16 bits per heavy atom. The highest BCUT2D eigenvalue weighted by Crippen LogP contribution is 2.23. The molecule has 0 atom stereocenters. The van der Waals surface area contributed by atoms with Crippen LogP contribution in [0.1, 0.15) is 5.56 Å². The standard InChI is InChI=1S/C14H11ClFN3/c15-12-5-4-11(16)7-13(12)17-8-10-9-18-19-6-2-1-3-14(10)19/h1-7,9,17H,8H2. The number of aromatic nitrogens is 2. The predicted octanol–water partition coefficient (Wildman–Crippen LogP) is 3.74. The Balaban J connectivity index is 1.84. The highest BCUT2D eigenvalue weighted by atomic mass is 35.5. The van der Waals surface area contributed by atoms with E-state index in [1.165, 1.54) is 18.2 Å². The third kappa shape index (κ3) is 2.39. The Labute approximate surface area is 114 Å². The number of hydrogen-bond acceptors (Lipinski definition) is 2. The van der Waals surface area contributed by atoms with E-state index in [4.69, 9.17) is 11.6 Å². The Hall–Kier alpha value is -2.07. The van der Waals surface area contributed by atoms with Crippen LogP contribution in [0.5, 0.6) is 0 Å². The van der Waals surface area contributed by atoms with Gasteiger partial charge in [-0.15, -0.1) is 0 Å². The molecule has 96 valence electrons. The van der Waals surface area contributed by atoms with Crippen molar-refractivity contribution in [2.75, 3.05) is 5.32 Å². The first-order valence-corrected chi connectivity index (χ1v) is 6.22. The van der Waals surface area contributed by atoms with Gasteiger partial charge in [-0.3, -0.25) is 0 Å². The zero-order valence-electron chi connectivity index (χ0n) is 9.98. The van der Waals surface area contributed by atoms with E-state index in [9.17, 15) is 4.39 Å². The highest BCUT2D eigenvalue weighted by Gasteiger charge is 2.05. The molecule has 0 saturated carbocycles. The van der Waals surface area contributed by atoms with Crippen molar-refractivity contribution in [1.29, 1.82) is 0 Å². The summed E-state index contributed by atoms with van der Waals surface area (Å²) in [6.07, 6.45) is 3.67. The fourth-order valence-electron chi connectivity index (χ4n) is 1.95. The molecular formula is C14H11ClFN3. The summed E-state index contributed by atoms with van der Waals surface area (Å²) in [6.45, 7) is 0.538. The summed E-state index contributed by atoms with van der Waals surface area (Å²) in [4.78, 5) is 0. The van der Waals surface area contributed by atoms with Crippen LogP contribution in [0.2, 0.25) is 5.02 Å². The SMILES string of the molecule is Fc1ccc(Cl)c(NCc2cnn3ccccc23)c1. The summed E-state index contributed by atoms with van der Waals surface area (Å²) in [6, 6.07) is 10.1. The highest BCUT2D eigenvalue weighted by molar-refractivity contribution is 6.33. The molecule has 2 aromatic heterocycles. The van der Waals surface area contributed by atoms with Crippen LogP contribution in [0.15, 0.2) is 48.8 Å². The third-order valence-corrected chi connectivity index (χ3v) is 3.23. The van der Waals surface area contributed by atoms with Crippen LogP contribution in [-0.2, 0) is 6.54 Å². The third-order valence-electron chi connectivity index (χ3n) is 2.90. The van der Waals surface area contributed by atoms with Crippen LogP contribution < -0.4 is 5.32 Å². The lowest BCUT2D eigenvalue weighted by Gasteiger charge is -2.07. The topological polar surface area (TPSA) is 29.3 Å². The molecule has 0 saturated heterocycles. The second kappa shape index (κ2) is 4.90. The molecule has 0 spiro atoms. The van der Waals surface area contributed by atoms with Gasteiger partial charge < -0.3 is 5.32 Å². The minimum Gasteiger partial charge on any atom is -0.380 e. The lowest BCUT2D eigenvalue weighted by atomic mass is 10.2. The Morgan fingerprint density at radius 3 is 3.05 bits per heavy atom. The molecule has 3 nitrogen and oxygen atoms in total. The van der Waals surface area contributed by atoms with Gasteiger partial charge in [-0.2, -0.15) is 5.10 Å². The lowest BCUT2D eigenvalue weighted by molar-refractivity contribution is 0.628. The molecule has 3 rings (SSSR count). The molecule has 3 aromatic rings. The van der Waals surface area contributed by atoms with E-state index in [0.717, 1.165) is 11.1 Å². The van der Waals surface area contributed by atoms with Crippen molar-refractivity contribution in [3.8, 4) is 0 Å². The van der Waals surface area contributed by atoms with Gasteiger partial charge in [0, 0.05) is 18.3 Å². The van der Waals surface area contributed by atoms with Crippen molar-refractivity contribution in [2.24, 2.45) is 0 Å². The molecule has 1 aromatic carbocycles. The summed E-state index contributed by atoms with van der Waals surface area (Å²) in [5.74, 6) is -0.313. The van der Waals surface area contributed by atoms with E-state index in [-0.39, 0.29) is 5.82 Å². The molecule has 5 heteroatoms. The van der Waals surface area contributed by atoms with Crippen molar-refractivity contribution in [3.05, 3.63) is 65.2 Å². The Morgan fingerprint density at radius 1 is 1.26 bits per heavy atom. The average molecular weight is 276 g/mol. The number of halogens is 2. The summed E-state index contributed by atoms with van der Waals surface area (Å²) in [7, 11) is 0. The molecule has 2 heterocycles. The number of rotatable bonds is 3. The van der Waals surface area contributed by atoms with Gasteiger partial charge in [0.25, 0.3) is 0 Å². The molecule has 1 N–H and O–H groups in total. The predicted molar refractivity (Wildman–Crippen MR) is 73.9 cm³/mol. The summed E-state index contributed by atoms with van der Waals surface area (Å²) >= 11 is 6.00. The molecule has 0 unspecified atom stereocenters. The van der Waals surface area contributed by atoms with Gasteiger partial charge in [0.1, 0.15) is 5.82 Å². The van der Waals surface area contributed by atoms with Crippen LogP contribution in [0, 0.1) is 5.82 Å². The van der Waals surface area contributed by atoms with Crippen LogP contribution in [-0.4, -0.2) is 9.61 Å². The molecule has 0 radical (unpaired) electrons. The summed E-state index contributed by atoms with van der Waals surface area (Å²) < 4.78 is 14.9. The van der Waals surface area contributed by atoms with Gasteiger partial charge in [-0.05, 0) is 30.3 Å². The molecule has 0 aliphatic heterocycles. The number of hydrogen-bond donors (Lipinski definition) is 1. The van der Waals surface area contributed by atoms with E-state index in [1.807, 2.05) is 24.4 Å². The normalized spacial score (nSPS) is 10.8. The first-order chi connectivity index (χ1) is 9.24. The number of nitrogens with one attached hydrogen (secondary N) is 1. The first kappa shape index (κ1) is 12.0. The zero-order valence-corrected chi connectivity index (χ0v) is 10.7. The largest absolute Gasteiger partial charge is 0.380 e. The Kier molecular flexibility index (Phi) is 3.09. The molecule has 19 heavy (non-hydrogen) atoms. The molecule has 0 aliphatic rings. The number of anilines is 1. The lowest BCUT2D eigenvalue weighted by Crippen LogP contribution is -2.00. The van der Waals surface area contributed by atoms with Gasteiger partial charge in [-0.25, -0.2) is 8.91 Å². The van der Waals surface area contributed by atoms with E-state index in [0.29, 0.717) is 17.3 Å². The van der Waals surface area contributed by atoms with Crippen molar-refractivity contribution in [3.63, 3.8) is 0 Å². The number of pyridine rings is 1. The van der Waals surface area contributed by atoms with Crippen molar-refractivity contribution >= 4 is 22.8 Å². The number of fused-ring (bicyclic) bond motifs is 1. The van der Waals surface area contributed by atoms with Crippen LogP contribution in [0.3, 0.4) is 0 Å². The molecule has 0 amide bonds. The second-order valence-electron chi connectivity index (χ2n) is 4.18. The van der Waals surface area contributed by atoms with E-state index < -0.39 is 0 Å². The van der Waals surface area contributed by atoms with Gasteiger partial charge in [0.05, 0.1) is 22.4 Å². The maximum Gasteiger partial charge on any atom is 0.125 e. The van der Waals surface area contributed by atoms with Gasteiger partial charge in [-0.1, -0.05) is 17.7 Å². The molecular weight excluding hydrogens is 265 g/mol. The van der Waals surface area contributed by atoms with E-state index >= 15 is 0 Å². The maximum absolute atomic E-state index is 13.2. The van der Waals surface area contributed by atoms with E-state index in [1.54, 1.807) is 10.7 Å². The zero-order chi connectivity index (χ0) is 13.2. The van der Waals surface area contributed by atoms with Crippen molar-refractivity contribution in [1.82, 2.24) is 9.61 Å². The minimum atomic E-state index is -0.313. The van der Waals surface area contributed by atoms with Crippen LogP contribution >= 0.6 is 11.6 Å².